The number of amides is 1. The Balaban J connectivity index is 1.32. The third kappa shape index (κ3) is 4.73. The Kier molecular flexibility index (Phi) is 6.49. The minimum Gasteiger partial charge on any atom is -0.497 e. The summed E-state index contributed by atoms with van der Waals surface area (Å²) in [7, 11) is -2.16. The molecule has 3 heterocycles. The first-order chi connectivity index (χ1) is 18.9. The van der Waals surface area contributed by atoms with Crippen LogP contribution in [0.4, 0.5) is 10.8 Å². The molecule has 0 spiro atoms. The minimum atomic E-state index is -3.76. The maximum atomic E-state index is 13.8. The summed E-state index contributed by atoms with van der Waals surface area (Å²) in [5.41, 5.74) is 3.67. The Morgan fingerprint density at radius 2 is 1.87 bits per heavy atom. The van der Waals surface area contributed by atoms with E-state index in [1.807, 2.05) is 54.6 Å². The molecule has 8 nitrogen and oxygen atoms in total. The number of benzene rings is 3. The molecule has 39 heavy (non-hydrogen) atoms. The maximum Gasteiger partial charge on any atom is 0.264 e. The normalized spacial score (nSPS) is 12.9. The summed E-state index contributed by atoms with van der Waals surface area (Å²) in [6.07, 6.45) is 4.06. The predicted octanol–water partition coefficient (Wildman–Crippen LogP) is 5.30. The van der Waals surface area contributed by atoms with Gasteiger partial charge in [0.2, 0.25) is 0 Å². The lowest BCUT2D eigenvalue weighted by Gasteiger charge is -2.21. The van der Waals surface area contributed by atoms with Crippen molar-refractivity contribution in [2.75, 3.05) is 22.9 Å². The Hall–Kier alpha value is -4.28. The van der Waals surface area contributed by atoms with E-state index in [4.69, 9.17) is 9.72 Å². The smallest absolute Gasteiger partial charge is 0.264 e. The van der Waals surface area contributed by atoms with Crippen LogP contribution in [0.25, 0.3) is 10.2 Å². The SMILES string of the molecule is COc1ccc2nc(N(Cc3cccnc3)C(=O)c3ccc(S(=O)(=O)N4CCc5ccccc54)cc3)sc2c1. The van der Waals surface area contributed by atoms with E-state index in [0.29, 0.717) is 35.1 Å². The first-order valence-electron chi connectivity index (χ1n) is 12.3. The maximum absolute atomic E-state index is 13.8. The number of sulfonamides is 1. The third-order valence-corrected chi connectivity index (χ3v) is 9.53. The van der Waals surface area contributed by atoms with Gasteiger partial charge in [-0.25, -0.2) is 13.4 Å². The molecule has 0 radical (unpaired) electrons. The molecule has 0 saturated heterocycles. The van der Waals surface area contributed by atoms with Crippen LogP contribution in [0.2, 0.25) is 0 Å². The van der Waals surface area contributed by atoms with Gasteiger partial charge in [0.1, 0.15) is 5.75 Å². The number of methoxy groups -OCH3 is 1. The second-order valence-electron chi connectivity index (χ2n) is 9.06. The zero-order chi connectivity index (χ0) is 27.0. The molecule has 0 bridgehead atoms. The van der Waals surface area contributed by atoms with Crippen LogP contribution in [0.3, 0.4) is 0 Å². The molecule has 0 aliphatic carbocycles. The molecule has 0 fully saturated rings. The van der Waals surface area contributed by atoms with Crippen LogP contribution in [0.5, 0.6) is 5.75 Å². The molecule has 1 aliphatic heterocycles. The molecule has 10 heteroatoms. The summed E-state index contributed by atoms with van der Waals surface area (Å²) < 4.78 is 34.5. The number of ether oxygens (including phenoxy) is 1. The number of carbonyl (C=O) groups excluding carboxylic acids is 1. The van der Waals surface area contributed by atoms with Crippen LogP contribution in [0.1, 0.15) is 21.5 Å². The van der Waals surface area contributed by atoms with Crippen LogP contribution in [0, 0.1) is 0 Å². The van der Waals surface area contributed by atoms with E-state index in [9.17, 15) is 13.2 Å². The van der Waals surface area contributed by atoms with Crippen molar-refractivity contribution >= 4 is 48.3 Å². The highest BCUT2D eigenvalue weighted by atomic mass is 32.2. The number of hydrogen-bond acceptors (Lipinski definition) is 7. The van der Waals surface area contributed by atoms with E-state index in [1.54, 1.807) is 36.5 Å². The molecule has 0 N–H and O–H groups in total. The molecule has 0 saturated carbocycles. The van der Waals surface area contributed by atoms with Crippen LogP contribution < -0.4 is 13.9 Å². The molecular formula is C29H24N4O4S2. The number of thiazole rings is 1. The molecule has 1 amide bonds. The number of carbonyl (C=O) groups is 1. The molecule has 196 valence electrons. The van der Waals surface area contributed by atoms with Gasteiger partial charge in [0.25, 0.3) is 15.9 Å². The Labute approximate surface area is 230 Å². The fourth-order valence-corrected chi connectivity index (χ4v) is 7.14. The number of para-hydroxylation sites is 1. The second kappa shape index (κ2) is 10.1. The van der Waals surface area contributed by atoms with Gasteiger partial charge in [-0.05, 0) is 72.1 Å². The van der Waals surface area contributed by atoms with Crippen LogP contribution >= 0.6 is 11.3 Å². The highest BCUT2D eigenvalue weighted by Gasteiger charge is 2.31. The lowest BCUT2D eigenvalue weighted by Crippen LogP contribution is -2.31. The molecule has 2 aromatic heterocycles. The van der Waals surface area contributed by atoms with Crippen molar-refractivity contribution in [1.29, 1.82) is 0 Å². The highest BCUT2D eigenvalue weighted by Crippen LogP contribution is 2.34. The molecule has 0 atom stereocenters. The molecule has 6 rings (SSSR count). The number of rotatable bonds is 7. The van der Waals surface area contributed by atoms with E-state index in [-0.39, 0.29) is 17.3 Å². The fraction of sp³-hybridized carbons (Fsp3) is 0.138. The van der Waals surface area contributed by atoms with Gasteiger partial charge < -0.3 is 4.74 Å². The standard InChI is InChI=1S/C29H24N4O4S2/c1-37-23-10-13-25-27(17-23)38-29(31-25)32(19-20-5-4-15-30-18-20)28(34)22-8-11-24(12-9-22)39(35,36)33-16-14-21-6-2-3-7-26(21)33/h2-13,15,17-18H,14,16,19H2,1H3. The van der Waals surface area contributed by atoms with Gasteiger partial charge in [-0.2, -0.15) is 0 Å². The van der Waals surface area contributed by atoms with Crippen molar-refractivity contribution in [2.45, 2.75) is 17.9 Å². The van der Waals surface area contributed by atoms with E-state index in [2.05, 4.69) is 4.98 Å². The predicted molar refractivity (Wildman–Crippen MR) is 152 cm³/mol. The summed E-state index contributed by atoms with van der Waals surface area (Å²) in [6, 6.07) is 22.9. The Morgan fingerprint density at radius 1 is 1.05 bits per heavy atom. The van der Waals surface area contributed by atoms with Gasteiger partial charge in [-0.1, -0.05) is 35.6 Å². The molecular weight excluding hydrogens is 532 g/mol. The quantitative estimate of drug-likeness (QED) is 0.270. The molecule has 0 unspecified atom stereocenters. The van der Waals surface area contributed by atoms with Gasteiger partial charge in [0, 0.05) is 24.5 Å². The lowest BCUT2D eigenvalue weighted by atomic mass is 10.2. The van der Waals surface area contributed by atoms with Gasteiger partial charge in [0.05, 0.1) is 34.5 Å². The van der Waals surface area contributed by atoms with E-state index in [0.717, 1.165) is 21.3 Å². The van der Waals surface area contributed by atoms with E-state index < -0.39 is 10.0 Å². The number of anilines is 2. The zero-order valence-electron chi connectivity index (χ0n) is 21.0. The van der Waals surface area contributed by atoms with E-state index in [1.165, 1.54) is 27.8 Å². The lowest BCUT2D eigenvalue weighted by molar-refractivity contribution is 0.0985. The molecule has 5 aromatic rings. The van der Waals surface area contributed by atoms with Crippen molar-refractivity contribution in [2.24, 2.45) is 0 Å². The first kappa shape index (κ1) is 25.0. The van der Waals surface area contributed by atoms with Gasteiger partial charge in [-0.3, -0.25) is 19.0 Å². The van der Waals surface area contributed by atoms with Crippen molar-refractivity contribution in [3.8, 4) is 5.75 Å². The summed E-state index contributed by atoms with van der Waals surface area (Å²) in [4.78, 5) is 24.4. The summed E-state index contributed by atoms with van der Waals surface area (Å²) in [6.45, 7) is 0.651. The number of nitrogens with zero attached hydrogens (tertiary/aromatic N) is 4. The average Bonchev–Trinajstić information content (AvgIpc) is 3.60. The topological polar surface area (TPSA) is 92.7 Å². The average molecular weight is 557 g/mol. The van der Waals surface area contributed by atoms with Crippen molar-refractivity contribution in [1.82, 2.24) is 9.97 Å². The van der Waals surface area contributed by atoms with Crippen LogP contribution in [-0.4, -0.2) is 37.9 Å². The number of hydrogen-bond donors (Lipinski definition) is 0. The van der Waals surface area contributed by atoms with E-state index >= 15 is 0 Å². The second-order valence-corrected chi connectivity index (χ2v) is 11.9. The van der Waals surface area contributed by atoms with Crippen molar-refractivity contribution < 1.29 is 17.9 Å². The molecule has 3 aromatic carbocycles. The monoisotopic (exact) mass is 556 g/mol. The van der Waals surface area contributed by atoms with Gasteiger partial charge in [0.15, 0.2) is 5.13 Å². The number of pyridine rings is 1. The summed E-state index contributed by atoms with van der Waals surface area (Å²) in [5, 5.41) is 0.525. The van der Waals surface area contributed by atoms with Crippen LogP contribution in [0.15, 0.2) is 96.2 Å². The minimum absolute atomic E-state index is 0.140. The Morgan fingerprint density at radius 3 is 2.64 bits per heavy atom. The van der Waals surface area contributed by atoms with Gasteiger partial charge in [-0.15, -0.1) is 0 Å². The largest absolute Gasteiger partial charge is 0.497 e. The third-order valence-electron chi connectivity index (χ3n) is 6.66. The highest BCUT2D eigenvalue weighted by molar-refractivity contribution is 7.92. The fourth-order valence-electron chi connectivity index (χ4n) is 4.65. The molecule has 1 aliphatic rings. The van der Waals surface area contributed by atoms with Crippen molar-refractivity contribution in [3.05, 3.63) is 108 Å². The number of aromatic nitrogens is 2. The number of fused-ring (bicyclic) bond motifs is 2. The Bertz CT molecular complexity index is 1770. The summed E-state index contributed by atoms with van der Waals surface area (Å²) >= 11 is 1.39. The zero-order valence-corrected chi connectivity index (χ0v) is 22.7. The first-order valence-corrected chi connectivity index (χ1v) is 14.6. The van der Waals surface area contributed by atoms with Crippen molar-refractivity contribution in [3.63, 3.8) is 0 Å². The summed E-state index contributed by atoms with van der Waals surface area (Å²) in [5.74, 6) is 0.417. The van der Waals surface area contributed by atoms with Gasteiger partial charge >= 0.3 is 0 Å². The van der Waals surface area contributed by atoms with Crippen LogP contribution in [-0.2, 0) is 23.0 Å².